The number of thioether (sulfide) groups is 1. The highest BCUT2D eigenvalue weighted by Gasteiger charge is 2.56. The molecule has 214 valence electrons. The van der Waals surface area contributed by atoms with Gasteiger partial charge in [-0.1, -0.05) is 105 Å². The first-order chi connectivity index (χ1) is 20.8. The SMILES string of the molecule is Cc1ccc(N2C(=O)[C@H]3[C@H](c4cccc(Br)c4)c4sc(=O)n(CC(=O)Nc5cccc6ccccc56)c4S[C@H]3C2=O)cc1. The number of aromatic nitrogens is 1. The largest absolute Gasteiger partial charge is 0.324 e. The summed E-state index contributed by atoms with van der Waals surface area (Å²) in [5.41, 5.74) is 3.03. The smallest absolute Gasteiger partial charge is 0.308 e. The van der Waals surface area contributed by atoms with Crippen LogP contribution in [-0.4, -0.2) is 27.5 Å². The molecule has 1 fully saturated rings. The van der Waals surface area contributed by atoms with Gasteiger partial charge >= 0.3 is 4.87 Å². The Bertz CT molecular complexity index is 2000. The van der Waals surface area contributed by atoms with Crippen LogP contribution in [0.4, 0.5) is 11.4 Å². The lowest BCUT2D eigenvalue weighted by Crippen LogP contribution is -2.33. The third kappa shape index (κ3) is 4.83. The van der Waals surface area contributed by atoms with Gasteiger partial charge in [0.25, 0.3) is 0 Å². The van der Waals surface area contributed by atoms with Crippen molar-refractivity contribution in [1.82, 2.24) is 4.57 Å². The highest BCUT2D eigenvalue weighted by Crippen LogP contribution is 2.54. The third-order valence-electron chi connectivity index (χ3n) is 7.91. The number of fused-ring (bicyclic) bond motifs is 3. The molecular formula is C33H24BrN3O4S2. The third-order valence-corrected chi connectivity index (χ3v) is 11.0. The minimum absolute atomic E-state index is 0.215. The number of hydrogen-bond donors (Lipinski definition) is 1. The van der Waals surface area contributed by atoms with Gasteiger partial charge in [0.15, 0.2) is 0 Å². The molecule has 10 heteroatoms. The van der Waals surface area contributed by atoms with Crippen LogP contribution >= 0.6 is 39.0 Å². The Kier molecular flexibility index (Phi) is 7.07. The van der Waals surface area contributed by atoms with E-state index >= 15 is 0 Å². The van der Waals surface area contributed by atoms with Gasteiger partial charge in [0, 0.05) is 26.3 Å². The quantitative estimate of drug-likeness (QED) is 0.214. The molecule has 0 saturated carbocycles. The van der Waals surface area contributed by atoms with Crippen molar-refractivity contribution in [3.8, 4) is 0 Å². The van der Waals surface area contributed by atoms with E-state index in [4.69, 9.17) is 0 Å². The number of thiazole rings is 1. The van der Waals surface area contributed by atoms with E-state index in [9.17, 15) is 19.2 Å². The summed E-state index contributed by atoms with van der Waals surface area (Å²) in [4.78, 5) is 56.4. The summed E-state index contributed by atoms with van der Waals surface area (Å²) in [5, 5.41) is 4.67. The molecule has 4 aromatic carbocycles. The monoisotopic (exact) mass is 669 g/mol. The summed E-state index contributed by atoms with van der Waals surface area (Å²) in [7, 11) is 0. The van der Waals surface area contributed by atoms with Crippen molar-refractivity contribution in [2.24, 2.45) is 5.92 Å². The van der Waals surface area contributed by atoms with Crippen LogP contribution in [0.15, 0.2) is 105 Å². The van der Waals surface area contributed by atoms with Crippen molar-refractivity contribution < 1.29 is 14.4 Å². The summed E-state index contributed by atoms with van der Waals surface area (Å²) in [6.45, 7) is 1.73. The molecule has 7 nitrogen and oxygen atoms in total. The molecule has 0 radical (unpaired) electrons. The molecule has 3 heterocycles. The second kappa shape index (κ2) is 10.9. The molecular weight excluding hydrogens is 646 g/mol. The Balaban J connectivity index is 1.28. The molecule has 0 spiro atoms. The van der Waals surface area contributed by atoms with Gasteiger partial charge < -0.3 is 5.32 Å². The number of nitrogens with one attached hydrogen (secondary N) is 1. The van der Waals surface area contributed by atoms with Crippen molar-refractivity contribution in [3.63, 3.8) is 0 Å². The zero-order chi connectivity index (χ0) is 29.8. The normalized spacial score (nSPS) is 19.4. The van der Waals surface area contributed by atoms with Crippen molar-refractivity contribution in [2.75, 3.05) is 10.2 Å². The maximum atomic E-state index is 14.0. The van der Waals surface area contributed by atoms with Gasteiger partial charge in [-0.15, -0.1) is 0 Å². The number of hydrogen-bond acceptors (Lipinski definition) is 6. The number of anilines is 2. The highest BCUT2D eigenvalue weighted by molar-refractivity contribution is 9.10. The zero-order valence-corrected chi connectivity index (χ0v) is 26.0. The van der Waals surface area contributed by atoms with Gasteiger partial charge in [0.1, 0.15) is 11.8 Å². The maximum Gasteiger partial charge on any atom is 0.308 e. The molecule has 0 bridgehead atoms. The lowest BCUT2D eigenvalue weighted by molar-refractivity contribution is -0.122. The van der Waals surface area contributed by atoms with E-state index in [1.165, 1.54) is 21.2 Å². The number of rotatable bonds is 5. The summed E-state index contributed by atoms with van der Waals surface area (Å²) in [6, 6.07) is 28.4. The van der Waals surface area contributed by atoms with Gasteiger partial charge in [0.05, 0.1) is 16.6 Å². The fourth-order valence-electron chi connectivity index (χ4n) is 5.93. The molecule has 1 N–H and O–H groups in total. The average molecular weight is 671 g/mol. The molecule has 2 aliphatic rings. The standard InChI is InChI=1S/C33H24BrN3O4S2/c1-18-12-14-22(15-13-18)37-30(39)27-26(20-8-4-9-21(34)16-20)29-32(42-28(27)31(37)40)36(33(41)43-29)17-25(38)35-24-11-5-7-19-6-2-3-10-23(19)24/h2-16,26-28H,17H2,1H3,(H,35,38)/t26-,27-,28+/m0/s1. The molecule has 7 rings (SSSR count). The van der Waals surface area contributed by atoms with Crippen molar-refractivity contribution in [1.29, 1.82) is 0 Å². The molecule has 1 aromatic heterocycles. The van der Waals surface area contributed by atoms with Gasteiger partial charge in [-0.3, -0.25) is 23.7 Å². The highest BCUT2D eigenvalue weighted by atomic mass is 79.9. The van der Waals surface area contributed by atoms with E-state index < -0.39 is 17.1 Å². The van der Waals surface area contributed by atoms with Crippen LogP contribution in [0, 0.1) is 12.8 Å². The first-order valence-electron chi connectivity index (χ1n) is 13.7. The first kappa shape index (κ1) is 27.8. The minimum Gasteiger partial charge on any atom is -0.324 e. The summed E-state index contributed by atoms with van der Waals surface area (Å²) in [5.74, 6) is -2.18. The Morgan fingerprint density at radius 2 is 1.65 bits per heavy atom. The first-order valence-corrected chi connectivity index (χ1v) is 16.2. The Morgan fingerprint density at radius 3 is 2.44 bits per heavy atom. The number of amides is 3. The van der Waals surface area contributed by atoms with Crippen molar-refractivity contribution in [2.45, 2.75) is 29.7 Å². The lowest BCUT2D eigenvalue weighted by atomic mass is 9.83. The number of nitrogens with zero attached hydrogens (tertiary/aromatic N) is 2. The predicted molar refractivity (Wildman–Crippen MR) is 174 cm³/mol. The average Bonchev–Trinajstić information content (AvgIpc) is 3.44. The molecule has 43 heavy (non-hydrogen) atoms. The summed E-state index contributed by atoms with van der Waals surface area (Å²) >= 11 is 5.79. The van der Waals surface area contributed by atoms with Crippen LogP contribution in [0.1, 0.15) is 21.9 Å². The van der Waals surface area contributed by atoms with E-state index in [1.54, 1.807) is 12.1 Å². The van der Waals surface area contributed by atoms with Gasteiger partial charge in [-0.25, -0.2) is 4.90 Å². The summed E-state index contributed by atoms with van der Waals surface area (Å²) in [6.07, 6.45) is 0. The van der Waals surface area contributed by atoms with Crippen LogP contribution in [-0.2, 0) is 20.9 Å². The Labute approximate surface area is 263 Å². The fourth-order valence-corrected chi connectivity index (χ4v) is 9.12. The van der Waals surface area contributed by atoms with Crippen LogP contribution < -0.4 is 15.1 Å². The Morgan fingerprint density at radius 1 is 0.907 bits per heavy atom. The second-order valence-corrected chi connectivity index (χ2v) is 13.7. The van der Waals surface area contributed by atoms with Gasteiger partial charge in [-0.05, 0) is 48.2 Å². The van der Waals surface area contributed by atoms with E-state index in [0.29, 0.717) is 21.3 Å². The number of carbonyl (C=O) groups excluding carboxylic acids is 3. The van der Waals surface area contributed by atoms with Crippen molar-refractivity contribution in [3.05, 3.63) is 121 Å². The molecule has 0 unspecified atom stereocenters. The number of imide groups is 1. The number of carbonyl (C=O) groups is 3. The Hall–Kier alpha value is -3.99. The molecule has 3 atom stereocenters. The van der Waals surface area contributed by atoms with Crippen LogP contribution in [0.25, 0.3) is 10.8 Å². The number of benzene rings is 4. The lowest BCUT2D eigenvalue weighted by Gasteiger charge is -2.30. The van der Waals surface area contributed by atoms with E-state index in [0.717, 1.165) is 37.7 Å². The predicted octanol–water partition coefficient (Wildman–Crippen LogP) is 6.57. The van der Waals surface area contributed by atoms with E-state index in [1.807, 2.05) is 85.8 Å². The second-order valence-electron chi connectivity index (χ2n) is 10.6. The molecule has 5 aromatic rings. The molecule has 3 amide bonds. The zero-order valence-electron chi connectivity index (χ0n) is 22.8. The fraction of sp³-hybridized carbons (Fsp3) is 0.152. The summed E-state index contributed by atoms with van der Waals surface area (Å²) < 4.78 is 2.27. The van der Waals surface area contributed by atoms with Gasteiger partial charge in [0.2, 0.25) is 17.7 Å². The molecule has 1 saturated heterocycles. The van der Waals surface area contributed by atoms with E-state index in [-0.39, 0.29) is 29.1 Å². The van der Waals surface area contributed by atoms with E-state index in [2.05, 4.69) is 21.2 Å². The number of halogens is 1. The maximum absolute atomic E-state index is 14.0. The van der Waals surface area contributed by atoms with Crippen molar-refractivity contribution >= 4 is 78.9 Å². The van der Waals surface area contributed by atoms with Crippen LogP contribution in [0.3, 0.4) is 0 Å². The van der Waals surface area contributed by atoms with Gasteiger partial charge in [-0.2, -0.15) is 0 Å². The molecule has 0 aliphatic carbocycles. The molecule has 2 aliphatic heterocycles. The number of aryl methyl sites for hydroxylation is 1. The van der Waals surface area contributed by atoms with Crippen LogP contribution in [0.5, 0.6) is 0 Å². The van der Waals surface area contributed by atoms with Crippen LogP contribution in [0.2, 0.25) is 0 Å². The topological polar surface area (TPSA) is 88.5 Å². The minimum atomic E-state index is -0.744.